The molecular weight excluding hydrogens is 453 g/mol. The van der Waals surface area contributed by atoms with Crippen LogP contribution in [0, 0.1) is 5.82 Å². The second-order valence-electron chi connectivity index (χ2n) is 10.4. The molecule has 0 spiro atoms. The summed E-state index contributed by atoms with van der Waals surface area (Å²) >= 11 is 0. The minimum absolute atomic E-state index is 0.00964. The van der Waals surface area contributed by atoms with Crippen LogP contribution in [0.1, 0.15) is 50.9 Å². The van der Waals surface area contributed by atoms with Gasteiger partial charge in [0.15, 0.2) is 0 Å². The van der Waals surface area contributed by atoms with Crippen LogP contribution in [0.3, 0.4) is 0 Å². The first kappa shape index (κ1) is 24.0. The second kappa shape index (κ2) is 9.76. The smallest absolute Gasteiger partial charge is 0.227 e. The molecule has 1 fully saturated rings. The number of amides is 1. The molecule has 3 aromatic carbocycles. The molecule has 1 unspecified atom stereocenters. The van der Waals surface area contributed by atoms with Crippen LogP contribution in [0.5, 0.6) is 5.75 Å². The Kier molecular flexibility index (Phi) is 6.52. The van der Waals surface area contributed by atoms with Crippen LogP contribution in [0.25, 0.3) is 11.0 Å². The van der Waals surface area contributed by atoms with Gasteiger partial charge in [0.05, 0.1) is 17.6 Å². The Hall–Kier alpha value is -3.67. The van der Waals surface area contributed by atoms with Crippen molar-refractivity contribution >= 4 is 22.6 Å². The maximum atomic E-state index is 13.4. The predicted molar refractivity (Wildman–Crippen MR) is 141 cm³/mol. The summed E-state index contributed by atoms with van der Waals surface area (Å²) in [6, 6.07) is 22.4. The molecule has 0 bridgehead atoms. The summed E-state index contributed by atoms with van der Waals surface area (Å²) in [5.74, 6) is 1.54. The first-order valence-electron chi connectivity index (χ1n) is 12.5. The quantitative estimate of drug-likeness (QED) is 0.282. The Bertz CT molecular complexity index is 1370. The molecule has 2 heterocycles. The Morgan fingerprint density at radius 2 is 1.72 bits per heavy atom. The van der Waals surface area contributed by atoms with E-state index in [2.05, 4.69) is 43.5 Å². The minimum atomic E-state index is -0.309. The Morgan fingerprint density at radius 1 is 1.00 bits per heavy atom. The molecule has 1 aliphatic rings. The number of benzene rings is 3. The number of carbonyl (C=O) groups is 1. The summed E-state index contributed by atoms with van der Waals surface area (Å²) in [7, 11) is 0. The molecule has 0 aliphatic carbocycles. The van der Waals surface area contributed by atoms with Gasteiger partial charge in [-0.15, -0.1) is 0 Å². The van der Waals surface area contributed by atoms with Gasteiger partial charge in [0.2, 0.25) is 5.91 Å². The average molecular weight is 486 g/mol. The van der Waals surface area contributed by atoms with E-state index in [1.165, 1.54) is 17.7 Å². The summed E-state index contributed by atoms with van der Waals surface area (Å²) in [6.45, 7) is 8.44. The third kappa shape index (κ3) is 4.85. The SMILES string of the molecule is CC(C)(C)c1ccccc1OCCCn1c(C2CC(=O)N(c3ccc(F)cc3)C2)nc2ccccc21. The van der Waals surface area contributed by atoms with Crippen molar-refractivity contribution in [1.29, 1.82) is 0 Å². The maximum absolute atomic E-state index is 13.4. The zero-order valence-corrected chi connectivity index (χ0v) is 21.1. The van der Waals surface area contributed by atoms with Crippen LogP contribution in [-0.2, 0) is 16.8 Å². The minimum Gasteiger partial charge on any atom is -0.493 e. The lowest BCUT2D eigenvalue weighted by molar-refractivity contribution is -0.117. The van der Waals surface area contributed by atoms with Crippen molar-refractivity contribution in [3.8, 4) is 5.75 Å². The van der Waals surface area contributed by atoms with Crippen molar-refractivity contribution in [3.05, 3.63) is 90.0 Å². The molecule has 0 saturated carbocycles. The van der Waals surface area contributed by atoms with Gasteiger partial charge in [0.25, 0.3) is 0 Å². The number of nitrogens with zero attached hydrogens (tertiary/aromatic N) is 3. The van der Waals surface area contributed by atoms with E-state index < -0.39 is 0 Å². The van der Waals surface area contributed by atoms with Gasteiger partial charge < -0.3 is 14.2 Å². The lowest BCUT2D eigenvalue weighted by atomic mass is 9.86. The highest BCUT2D eigenvalue weighted by Gasteiger charge is 2.34. The number of fused-ring (bicyclic) bond motifs is 1. The number of carbonyl (C=O) groups excluding carboxylic acids is 1. The lowest BCUT2D eigenvalue weighted by Crippen LogP contribution is -2.24. The number of hydrogen-bond acceptors (Lipinski definition) is 3. The molecule has 0 radical (unpaired) electrons. The van der Waals surface area contributed by atoms with Crippen LogP contribution in [0.4, 0.5) is 10.1 Å². The molecule has 0 N–H and O–H groups in total. The number of rotatable bonds is 7. The van der Waals surface area contributed by atoms with Crippen LogP contribution in [-0.4, -0.2) is 28.6 Å². The van der Waals surface area contributed by atoms with Crippen molar-refractivity contribution in [2.75, 3.05) is 18.1 Å². The van der Waals surface area contributed by atoms with Gasteiger partial charge in [-0.1, -0.05) is 51.1 Å². The standard InChI is InChI=1S/C30H32FN3O2/c1-30(2,3)24-9-4-7-12-27(24)36-18-8-17-33-26-11-6-5-10-25(26)32-29(33)21-19-28(35)34(20-21)23-15-13-22(31)14-16-23/h4-7,9-16,21H,8,17-20H2,1-3H3. The number of ether oxygens (including phenoxy) is 1. The fraction of sp³-hybridized carbons (Fsp3) is 0.333. The number of hydrogen-bond donors (Lipinski definition) is 0. The Morgan fingerprint density at radius 3 is 2.50 bits per heavy atom. The molecule has 1 aromatic heterocycles. The van der Waals surface area contributed by atoms with E-state index in [-0.39, 0.29) is 23.1 Å². The van der Waals surface area contributed by atoms with Gasteiger partial charge in [0, 0.05) is 31.1 Å². The molecule has 1 aliphatic heterocycles. The fourth-order valence-electron chi connectivity index (χ4n) is 5.01. The molecule has 36 heavy (non-hydrogen) atoms. The van der Waals surface area contributed by atoms with E-state index in [9.17, 15) is 9.18 Å². The lowest BCUT2D eigenvalue weighted by Gasteiger charge is -2.22. The van der Waals surface area contributed by atoms with Crippen LogP contribution in [0.2, 0.25) is 0 Å². The molecule has 6 heteroatoms. The topological polar surface area (TPSA) is 47.4 Å². The summed E-state index contributed by atoms with van der Waals surface area (Å²) in [5, 5.41) is 0. The van der Waals surface area contributed by atoms with Crippen LogP contribution >= 0.6 is 0 Å². The molecule has 186 valence electrons. The normalized spacial score (nSPS) is 16.2. The highest BCUT2D eigenvalue weighted by Crippen LogP contribution is 2.34. The first-order valence-corrected chi connectivity index (χ1v) is 12.5. The van der Waals surface area contributed by atoms with E-state index in [0.717, 1.165) is 41.3 Å². The number of halogens is 1. The van der Waals surface area contributed by atoms with Crippen molar-refractivity contribution in [1.82, 2.24) is 9.55 Å². The number of para-hydroxylation sites is 3. The van der Waals surface area contributed by atoms with E-state index in [0.29, 0.717) is 19.6 Å². The monoisotopic (exact) mass is 485 g/mol. The second-order valence-corrected chi connectivity index (χ2v) is 10.4. The highest BCUT2D eigenvalue weighted by molar-refractivity contribution is 5.96. The number of anilines is 1. The first-order chi connectivity index (χ1) is 17.3. The number of aromatic nitrogens is 2. The largest absolute Gasteiger partial charge is 0.493 e. The van der Waals surface area contributed by atoms with E-state index in [4.69, 9.17) is 9.72 Å². The summed E-state index contributed by atoms with van der Waals surface area (Å²) < 4.78 is 21.8. The molecule has 5 rings (SSSR count). The third-order valence-corrected chi connectivity index (χ3v) is 6.79. The van der Waals surface area contributed by atoms with E-state index >= 15 is 0 Å². The summed E-state index contributed by atoms with van der Waals surface area (Å²) in [6.07, 6.45) is 1.20. The molecule has 5 nitrogen and oxygen atoms in total. The zero-order chi connectivity index (χ0) is 25.3. The molecular formula is C30H32FN3O2. The van der Waals surface area contributed by atoms with Crippen molar-refractivity contribution in [3.63, 3.8) is 0 Å². The molecule has 1 saturated heterocycles. The van der Waals surface area contributed by atoms with Crippen molar-refractivity contribution < 1.29 is 13.9 Å². The Balaban J connectivity index is 1.34. The van der Waals surface area contributed by atoms with Gasteiger partial charge in [-0.3, -0.25) is 4.79 Å². The summed E-state index contributed by atoms with van der Waals surface area (Å²) in [5.41, 5.74) is 3.92. The van der Waals surface area contributed by atoms with Crippen LogP contribution in [0.15, 0.2) is 72.8 Å². The van der Waals surface area contributed by atoms with E-state index in [1.807, 2.05) is 30.3 Å². The van der Waals surface area contributed by atoms with Gasteiger partial charge >= 0.3 is 0 Å². The Labute approximate surface area is 211 Å². The van der Waals surface area contributed by atoms with Crippen molar-refractivity contribution in [2.45, 2.75) is 51.5 Å². The predicted octanol–water partition coefficient (Wildman–Crippen LogP) is 6.46. The highest BCUT2D eigenvalue weighted by atomic mass is 19.1. The van der Waals surface area contributed by atoms with Crippen molar-refractivity contribution in [2.24, 2.45) is 0 Å². The van der Waals surface area contributed by atoms with E-state index in [1.54, 1.807) is 17.0 Å². The van der Waals surface area contributed by atoms with Gasteiger partial charge in [0.1, 0.15) is 17.4 Å². The zero-order valence-electron chi connectivity index (χ0n) is 21.1. The van der Waals surface area contributed by atoms with Gasteiger partial charge in [-0.05, 0) is 59.9 Å². The average Bonchev–Trinajstić information content (AvgIpc) is 3.42. The van der Waals surface area contributed by atoms with Crippen LogP contribution < -0.4 is 9.64 Å². The number of aryl methyl sites for hydroxylation is 1. The molecule has 1 atom stereocenters. The molecule has 1 amide bonds. The van der Waals surface area contributed by atoms with Gasteiger partial charge in [-0.25, -0.2) is 9.37 Å². The third-order valence-electron chi connectivity index (χ3n) is 6.79. The summed E-state index contributed by atoms with van der Waals surface area (Å²) in [4.78, 5) is 19.5. The fourth-order valence-corrected chi connectivity index (χ4v) is 5.01. The number of imidazole rings is 1. The maximum Gasteiger partial charge on any atom is 0.227 e. The van der Waals surface area contributed by atoms with Gasteiger partial charge in [-0.2, -0.15) is 0 Å². The molecule has 4 aromatic rings.